The maximum atomic E-state index is 13.0. The number of carboxylic acid groups (broad SMARTS) is 1. The van der Waals surface area contributed by atoms with E-state index in [1.807, 2.05) is 31.2 Å². The predicted molar refractivity (Wildman–Crippen MR) is 117 cm³/mol. The zero-order valence-electron chi connectivity index (χ0n) is 17.3. The number of hydrogen-bond acceptors (Lipinski definition) is 3. The molecule has 0 amide bonds. The Labute approximate surface area is 181 Å². The number of likely N-dealkylation sites (tertiary alicyclic amines) is 1. The van der Waals surface area contributed by atoms with Crippen LogP contribution >= 0.6 is 11.6 Å². The first kappa shape index (κ1) is 22.3. The fraction of sp³-hybridized carbons (Fsp3) is 0.375. The highest BCUT2D eigenvalue weighted by atomic mass is 35.5. The molecule has 0 unspecified atom stereocenters. The van der Waals surface area contributed by atoms with Crippen LogP contribution in [0.25, 0.3) is 5.03 Å². The van der Waals surface area contributed by atoms with Gasteiger partial charge in [-0.3, -0.25) is 9.69 Å². The molecule has 1 aliphatic heterocycles. The Kier molecular flexibility index (Phi) is 7.51. The molecule has 1 saturated heterocycles. The summed E-state index contributed by atoms with van der Waals surface area (Å²) in [6.07, 6.45) is 2.75. The first-order chi connectivity index (χ1) is 14.3. The number of aliphatic carboxylic acids is 1. The second-order valence-corrected chi connectivity index (χ2v) is 8.44. The molecule has 30 heavy (non-hydrogen) atoms. The Morgan fingerprint density at radius 1 is 1.30 bits per heavy atom. The summed E-state index contributed by atoms with van der Waals surface area (Å²) in [6.45, 7) is 6.44. The smallest absolute Gasteiger partial charge is 0.309 e. The number of halogens is 2. The van der Waals surface area contributed by atoms with Crippen LogP contribution in [-0.2, 0) is 11.2 Å². The van der Waals surface area contributed by atoms with Crippen LogP contribution in [0.1, 0.15) is 23.6 Å². The van der Waals surface area contributed by atoms with Gasteiger partial charge in [-0.05, 0) is 66.3 Å². The summed E-state index contributed by atoms with van der Waals surface area (Å²) in [7, 11) is 0. The van der Waals surface area contributed by atoms with Gasteiger partial charge in [0, 0.05) is 24.7 Å². The van der Waals surface area contributed by atoms with E-state index < -0.39 is 5.97 Å². The quantitative estimate of drug-likeness (QED) is 0.607. The van der Waals surface area contributed by atoms with Crippen LogP contribution in [-0.4, -0.2) is 42.2 Å². The van der Waals surface area contributed by atoms with Crippen LogP contribution in [0.3, 0.4) is 0 Å². The Balaban J connectivity index is 1.50. The molecule has 0 aromatic heterocycles. The van der Waals surface area contributed by atoms with Crippen LogP contribution in [0.4, 0.5) is 4.39 Å². The lowest BCUT2D eigenvalue weighted by molar-refractivity contribution is -0.147. The highest BCUT2D eigenvalue weighted by molar-refractivity contribution is 6.48. The Morgan fingerprint density at radius 3 is 2.63 bits per heavy atom. The molecular formula is C24H27ClFNO3. The monoisotopic (exact) mass is 431 g/mol. The van der Waals surface area contributed by atoms with Crippen molar-refractivity contribution in [2.45, 2.75) is 20.3 Å². The number of aryl methyl sites for hydroxylation is 1. The Hall–Kier alpha value is -2.37. The summed E-state index contributed by atoms with van der Waals surface area (Å²) in [5.74, 6) is -0.135. The van der Waals surface area contributed by atoms with Crippen molar-refractivity contribution in [2.24, 2.45) is 11.8 Å². The predicted octanol–water partition coefficient (Wildman–Crippen LogP) is 4.99. The molecule has 0 bridgehead atoms. The molecule has 4 nitrogen and oxygen atoms in total. The summed E-state index contributed by atoms with van der Waals surface area (Å²) >= 11 is 6.47. The summed E-state index contributed by atoms with van der Waals surface area (Å²) in [4.78, 5) is 12.9. The lowest BCUT2D eigenvalue weighted by Gasteiger charge is -2.35. The minimum absolute atomic E-state index is 0.222. The van der Waals surface area contributed by atoms with Crippen LogP contribution in [0.5, 0.6) is 5.75 Å². The van der Waals surface area contributed by atoms with Gasteiger partial charge in [0.25, 0.3) is 0 Å². The van der Waals surface area contributed by atoms with Gasteiger partial charge in [-0.1, -0.05) is 36.7 Å². The molecule has 1 N–H and O–H groups in total. The van der Waals surface area contributed by atoms with Gasteiger partial charge in [-0.15, -0.1) is 0 Å². The number of hydrogen-bond donors (Lipinski definition) is 1. The maximum absolute atomic E-state index is 13.0. The summed E-state index contributed by atoms with van der Waals surface area (Å²) in [5.41, 5.74) is 3.05. The molecule has 3 rings (SSSR count). The SMILES string of the molecule is Cc1cc(OC[C@@H](C)Cc2ccc(F)cc2)ccc1C(Cl)=CCN1CC(C(=O)O)C1. The Bertz CT molecular complexity index is 907. The lowest BCUT2D eigenvalue weighted by atomic mass is 10.0. The molecule has 0 spiro atoms. The normalized spacial score (nSPS) is 16.2. The van der Waals surface area contributed by atoms with E-state index in [0.717, 1.165) is 28.9 Å². The van der Waals surface area contributed by atoms with Crippen molar-refractivity contribution in [3.63, 3.8) is 0 Å². The molecule has 160 valence electrons. The van der Waals surface area contributed by atoms with Crippen molar-refractivity contribution in [3.8, 4) is 5.75 Å². The fourth-order valence-corrected chi connectivity index (χ4v) is 3.79. The van der Waals surface area contributed by atoms with E-state index in [2.05, 4.69) is 11.8 Å². The van der Waals surface area contributed by atoms with E-state index in [-0.39, 0.29) is 11.7 Å². The molecule has 1 heterocycles. The van der Waals surface area contributed by atoms with E-state index >= 15 is 0 Å². The average Bonchev–Trinajstić information content (AvgIpc) is 2.66. The second-order valence-electron chi connectivity index (χ2n) is 8.03. The molecule has 0 radical (unpaired) electrons. The minimum atomic E-state index is -0.736. The highest BCUT2D eigenvalue weighted by Gasteiger charge is 2.31. The van der Waals surface area contributed by atoms with Crippen LogP contribution < -0.4 is 4.74 Å². The van der Waals surface area contributed by atoms with E-state index in [1.54, 1.807) is 12.1 Å². The maximum Gasteiger partial charge on any atom is 0.309 e. The van der Waals surface area contributed by atoms with E-state index in [1.165, 1.54) is 12.1 Å². The first-order valence-corrected chi connectivity index (χ1v) is 10.5. The van der Waals surface area contributed by atoms with Gasteiger partial charge in [-0.25, -0.2) is 4.39 Å². The topological polar surface area (TPSA) is 49.8 Å². The molecule has 0 aliphatic carbocycles. The number of rotatable bonds is 9. The molecule has 2 aromatic carbocycles. The van der Waals surface area contributed by atoms with E-state index in [9.17, 15) is 9.18 Å². The molecular weight excluding hydrogens is 405 g/mol. The van der Waals surface area contributed by atoms with Crippen molar-refractivity contribution in [2.75, 3.05) is 26.2 Å². The number of carboxylic acids is 1. The first-order valence-electron chi connectivity index (χ1n) is 10.1. The van der Waals surface area contributed by atoms with Crippen molar-refractivity contribution in [3.05, 3.63) is 71.0 Å². The van der Waals surface area contributed by atoms with Crippen LogP contribution in [0, 0.1) is 24.6 Å². The van der Waals surface area contributed by atoms with Crippen LogP contribution in [0.15, 0.2) is 48.5 Å². The Morgan fingerprint density at radius 2 is 2.00 bits per heavy atom. The van der Waals surface area contributed by atoms with Gasteiger partial charge >= 0.3 is 5.97 Å². The van der Waals surface area contributed by atoms with Gasteiger partial charge < -0.3 is 9.84 Å². The zero-order valence-corrected chi connectivity index (χ0v) is 18.0. The van der Waals surface area contributed by atoms with Gasteiger partial charge in [0.2, 0.25) is 0 Å². The summed E-state index contributed by atoms with van der Waals surface area (Å²) in [6, 6.07) is 12.4. The van der Waals surface area contributed by atoms with Crippen molar-refractivity contribution < 1.29 is 19.0 Å². The molecule has 1 fully saturated rings. The average molecular weight is 432 g/mol. The van der Waals surface area contributed by atoms with Crippen LogP contribution in [0.2, 0.25) is 0 Å². The third-order valence-electron chi connectivity index (χ3n) is 5.32. The molecule has 2 aromatic rings. The van der Waals surface area contributed by atoms with Gasteiger partial charge in [-0.2, -0.15) is 0 Å². The third kappa shape index (κ3) is 6.07. The van der Waals surface area contributed by atoms with Gasteiger partial charge in [0.1, 0.15) is 11.6 Å². The zero-order chi connectivity index (χ0) is 21.7. The summed E-state index contributed by atoms with van der Waals surface area (Å²) < 4.78 is 19.0. The van der Waals surface area contributed by atoms with E-state index in [0.29, 0.717) is 37.2 Å². The minimum Gasteiger partial charge on any atom is -0.493 e. The third-order valence-corrected chi connectivity index (χ3v) is 5.68. The summed E-state index contributed by atoms with van der Waals surface area (Å²) in [5, 5.41) is 9.59. The number of ether oxygens (including phenoxy) is 1. The van der Waals surface area contributed by atoms with Gasteiger partial charge in [0.05, 0.1) is 12.5 Å². The van der Waals surface area contributed by atoms with Crippen molar-refractivity contribution in [1.29, 1.82) is 0 Å². The lowest BCUT2D eigenvalue weighted by Crippen LogP contribution is -2.50. The van der Waals surface area contributed by atoms with E-state index in [4.69, 9.17) is 21.4 Å². The van der Waals surface area contributed by atoms with Gasteiger partial charge in [0.15, 0.2) is 0 Å². The number of carbonyl (C=O) groups is 1. The highest BCUT2D eigenvalue weighted by Crippen LogP contribution is 2.27. The number of benzene rings is 2. The molecule has 0 saturated carbocycles. The molecule has 6 heteroatoms. The standard InChI is InChI=1S/C24H27ClFNO3/c1-16(11-18-3-5-20(26)6-4-18)15-30-21-7-8-22(17(2)12-21)23(25)9-10-27-13-19(14-27)24(28)29/h3-9,12,16,19H,10-11,13-15H2,1-2H3,(H,28,29)/t16-/m0/s1. The number of nitrogens with zero attached hydrogens (tertiary/aromatic N) is 1. The fourth-order valence-electron chi connectivity index (χ4n) is 3.51. The molecule has 1 aliphatic rings. The van der Waals surface area contributed by atoms with Crippen molar-refractivity contribution >= 4 is 22.6 Å². The van der Waals surface area contributed by atoms with Crippen molar-refractivity contribution in [1.82, 2.24) is 4.90 Å². The second kappa shape index (κ2) is 10.1. The molecule has 1 atom stereocenters. The largest absolute Gasteiger partial charge is 0.493 e.